The van der Waals surface area contributed by atoms with E-state index < -0.39 is 0 Å². The van der Waals surface area contributed by atoms with Crippen LogP contribution in [0, 0.1) is 0 Å². The Labute approximate surface area is 169 Å². The molecule has 0 amide bonds. The lowest BCUT2D eigenvalue weighted by molar-refractivity contribution is -0.00000885. The van der Waals surface area contributed by atoms with Crippen molar-refractivity contribution in [3.05, 3.63) is 60.7 Å². The van der Waals surface area contributed by atoms with Crippen molar-refractivity contribution in [1.29, 1.82) is 0 Å². The largest absolute Gasteiger partial charge is 1.00 e. The summed E-state index contributed by atoms with van der Waals surface area (Å²) < 4.78 is 17.7. The smallest absolute Gasteiger partial charge is 0.338 e. The van der Waals surface area contributed by atoms with E-state index in [0.29, 0.717) is 35.1 Å². The molecule has 7 nitrogen and oxygen atoms in total. The number of hydrogen-bond donors (Lipinski definition) is 0. The van der Waals surface area contributed by atoms with Gasteiger partial charge in [0.2, 0.25) is 0 Å². The van der Waals surface area contributed by atoms with Crippen molar-refractivity contribution < 1.29 is 26.6 Å². The second-order valence-electron chi connectivity index (χ2n) is 6.49. The van der Waals surface area contributed by atoms with Crippen molar-refractivity contribution in [2.24, 2.45) is 0 Å². The summed E-state index contributed by atoms with van der Waals surface area (Å²) in [5, 5.41) is 0. The molecule has 0 unspecified atom stereocenters. The first-order valence-corrected chi connectivity index (χ1v) is 8.86. The van der Waals surface area contributed by atoms with Gasteiger partial charge >= 0.3 is 18.0 Å². The van der Waals surface area contributed by atoms with Crippen LogP contribution in [0.2, 0.25) is 0 Å². The monoisotopic (exact) mass is 400 g/mol. The number of likely N-dealkylation sites (N-methyl/N-ethyl adjacent to an activating group) is 1. The predicted octanol–water partition coefficient (Wildman–Crippen LogP) is 0.427. The number of para-hydroxylation sites is 2. The molecule has 0 aliphatic carbocycles. The molecule has 2 heterocycles. The van der Waals surface area contributed by atoms with E-state index in [1.54, 1.807) is 0 Å². The topological polar surface area (TPSA) is 66.4 Å². The number of ether oxygens (including phenoxy) is 3. The van der Waals surface area contributed by atoms with Gasteiger partial charge in [0.15, 0.2) is 0 Å². The Morgan fingerprint density at radius 1 is 0.750 bits per heavy atom. The van der Waals surface area contributed by atoms with Crippen LogP contribution in [-0.2, 0) is 4.74 Å². The highest BCUT2D eigenvalue weighted by molar-refractivity contribution is 5.32. The molecule has 3 aromatic rings. The molecule has 0 radical (unpaired) electrons. The number of rotatable bonds is 5. The minimum absolute atomic E-state index is 0. The lowest BCUT2D eigenvalue weighted by Gasteiger charge is -2.34. The average Bonchev–Trinajstić information content (AvgIpc) is 2.70. The molecule has 0 N–H and O–H groups in total. The van der Waals surface area contributed by atoms with Crippen LogP contribution in [0.4, 0.5) is 5.95 Å². The highest BCUT2D eigenvalue weighted by atomic mass is 35.5. The van der Waals surface area contributed by atoms with E-state index in [0.717, 1.165) is 13.1 Å². The SMILES string of the molecule is C[N+]1(c2nc(Oc3ccccc3)nc(Oc3ccccc3)n2)CCOCC1.[Cl-]. The van der Waals surface area contributed by atoms with Crippen LogP contribution in [0.5, 0.6) is 23.5 Å². The van der Waals surface area contributed by atoms with Gasteiger partial charge in [-0.3, -0.25) is 4.48 Å². The Hall–Kier alpha value is -2.74. The quantitative estimate of drug-likeness (QED) is 0.579. The molecule has 146 valence electrons. The van der Waals surface area contributed by atoms with Gasteiger partial charge in [-0.25, -0.2) is 0 Å². The van der Waals surface area contributed by atoms with Crippen molar-refractivity contribution in [3.8, 4) is 23.5 Å². The van der Waals surface area contributed by atoms with Gasteiger partial charge in [-0.1, -0.05) is 36.4 Å². The molecule has 2 aromatic carbocycles. The lowest BCUT2D eigenvalue weighted by Crippen LogP contribution is -3.00. The second kappa shape index (κ2) is 8.97. The summed E-state index contributed by atoms with van der Waals surface area (Å²) in [5.41, 5.74) is 0. The number of nitrogens with zero attached hydrogens (tertiary/aromatic N) is 4. The fourth-order valence-electron chi connectivity index (χ4n) is 2.79. The molecule has 1 aromatic heterocycles. The molecule has 4 rings (SSSR count). The number of halogens is 1. The average molecular weight is 401 g/mol. The maximum atomic E-state index is 5.85. The first-order chi connectivity index (χ1) is 13.2. The Kier molecular flexibility index (Phi) is 6.41. The number of benzene rings is 2. The number of quaternary nitrogens is 1. The summed E-state index contributed by atoms with van der Waals surface area (Å²) in [6.07, 6.45) is 0. The fourth-order valence-corrected chi connectivity index (χ4v) is 2.79. The third kappa shape index (κ3) is 4.75. The van der Waals surface area contributed by atoms with Gasteiger partial charge in [-0.05, 0) is 24.3 Å². The van der Waals surface area contributed by atoms with Crippen LogP contribution in [0.1, 0.15) is 0 Å². The fraction of sp³-hybridized carbons (Fsp3) is 0.250. The maximum absolute atomic E-state index is 5.85. The van der Waals surface area contributed by atoms with E-state index in [4.69, 9.17) is 14.2 Å². The highest BCUT2D eigenvalue weighted by Gasteiger charge is 2.33. The third-order valence-corrected chi connectivity index (χ3v) is 4.43. The summed E-state index contributed by atoms with van der Waals surface area (Å²) in [5.74, 6) is 1.92. The summed E-state index contributed by atoms with van der Waals surface area (Å²) in [6, 6.07) is 19.3. The van der Waals surface area contributed by atoms with Crippen molar-refractivity contribution in [2.45, 2.75) is 0 Å². The zero-order chi connectivity index (χ0) is 18.5. The van der Waals surface area contributed by atoms with Gasteiger partial charge in [0.1, 0.15) is 24.6 Å². The summed E-state index contributed by atoms with van der Waals surface area (Å²) in [4.78, 5) is 13.5. The molecule has 1 aliphatic heterocycles. The Bertz CT molecular complexity index is 831. The Morgan fingerprint density at radius 2 is 1.21 bits per heavy atom. The molecule has 8 heteroatoms. The van der Waals surface area contributed by atoms with Gasteiger partial charge in [-0.2, -0.15) is 0 Å². The number of morpholine rings is 1. The summed E-state index contributed by atoms with van der Waals surface area (Å²) >= 11 is 0. The van der Waals surface area contributed by atoms with Crippen LogP contribution in [0.25, 0.3) is 0 Å². The van der Waals surface area contributed by atoms with Gasteiger partial charge in [0, 0.05) is 0 Å². The third-order valence-electron chi connectivity index (χ3n) is 4.43. The van der Waals surface area contributed by atoms with E-state index >= 15 is 0 Å². The molecule has 0 atom stereocenters. The van der Waals surface area contributed by atoms with Crippen LogP contribution in [0.3, 0.4) is 0 Å². The molecule has 28 heavy (non-hydrogen) atoms. The molecular formula is C20H21ClN4O3. The predicted molar refractivity (Wildman–Crippen MR) is 101 cm³/mol. The molecular weight excluding hydrogens is 380 g/mol. The van der Waals surface area contributed by atoms with Crippen LogP contribution < -0.4 is 26.4 Å². The minimum Gasteiger partial charge on any atom is -1.00 e. The minimum atomic E-state index is 0. The Balaban J connectivity index is 0.00000225. The highest BCUT2D eigenvalue weighted by Crippen LogP contribution is 2.27. The molecule has 1 aliphatic rings. The summed E-state index contributed by atoms with van der Waals surface area (Å²) in [7, 11) is 2.08. The van der Waals surface area contributed by atoms with Crippen molar-refractivity contribution >= 4 is 5.95 Å². The van der Waals surface area contributed by atoms with Gasteiger partial charge < -0.3 is 26.6 Å². The van der Waals surface area contributed by atoms with Crippen molar-refractivity contribution in [1.82, 2.24) is 19.4 Å². The molecule has 0 saturated carbocycles. The molecule has 1 saturated heterocycles. The van der Waals surface area contributed by atoms with E-state index in [9.17, 15) is 0 Å². The molecule has 1 fully saturated rings. The first kappa shape index (κ1) is 20.0. The van der Waals surface area contributed by atoms with E-state index in [-0.39, 0.29) is 24.4 Å². The van der Waals surface area contributed by atoms with E-state index in [1.807, 2.05) is 60.7 Å². The van der Waals surface area contributed by atoms with Crippen LogP contribution in [0.15, 0.2) is 60.7 Å². The zero-order valence-electron chi connectivity index (χ0n) is 15.5. The van der Waals surface area contributed by atoms with Gasteiger partial charge in [0.05, 0.1) is 20.3 Å². The summed E-state index contributed by atoms with van der Waals surface area (Å²) in [6.45, 7) is 2.87. The Morgan fingerprint density at radius 3 is 1.68 bits per heavy atom. The number of aromatic nitrogens is 3. The molecule has 0 bridgehead atoms. The van der Waals surface area contributed by atoms with Crippen LogP contribution in [-0.4, -0.2) is 48.3 Å². The van der Waals surface area contributed by atoms with E-state index in [1.165, 1.54) is 0 Å². The number of hydrogen-bond acceptors (Lipinski definition) is 6. The maximum Gasteiger partial charge on any atom is 0.338 e. The zero-order valence-corrected chi connectivity index (χ0v) is 16.2. The van der Waals surface area contributed by atoms with E-state index in [2.05, 4.69) is 22.0 Å². The standard InChI is InChI=1S/C20H21N4O3.ClH/c1-24(12-14-25-15-13-24)18-21-19(26-16-8-4-2-5-9-16)23-20(22-18)27-17-10-6-3-7-11-17;/h2-11H,12-15H2,1H3;1H/q+1;/p-1. The second-order valence-corrected chi connectivity index (χ2v) is 6.49. The first-order valence-electron chi connectivity index (χ1n) is 8.86. The normalized spacial score (nSPS) is 15.3. The van der Waals surface area contributed by atoms with Gasteiger partial charge in [-0.15, -0.1) is 15.0 Å². The van der Waals surface area contributed by atoms with Crippen molar-refractivity contribution in [2.75, 3.05) is 33.4 Å². The lowest BCUT2D eigenvalue weighted by atomic mass is 10.3. The van der Waals surface area contributed by atoms with Crippen LogP contribution >= 0.6 is 0 Å². The van der Waals surface area contributed by atoms with Crippen molar-refractivity contribution in [3.63, 3.8) is 0 Å². The molecule has 0 spiro atoms. The van der Waals surface area contributed by atoms with Gasteiger partial charge in [0.25, 0.3) is 0 Å².